The summed E-state index contributed by atoms with van der Waals surface area (Å²) in [5.74, 6) is -0.274. The van der Waals surface area contributed by atoms with E-state index in [9.17, 15) is 13.2 Å². The first-order chi connectivity index (χ1) is 10.9. The van der Waals surface area contributed by atoms with Crippen molar-refractivity contribution in [3.63, 3.8) is 0 Å². The van der Waals surface area contributed by atoms with Crippen LogP contribution < -0.4 is 5.32 Å². The lowest BCUT2D eigenvalue weighted by molar-refractivity contribution is -0.121. The maximum atomic E-state index is 11.9. The fourth-order valence-electron chi connectivity index (χ4n) is 2.50. The van der Waals surface area contributed by atoms with Crippen molar-refractivity contribution >= 4 is 26.8 Å². The van der Waals surface area contributed by atoms with Crippen molar-refractivity contribution in [2.45, 2.75) is 19.8 Å². The van der Waals surface area contributed by atoms with Gasteiger partial charge in [0.15, 0.2) is 0 Å². The number of amides is 1. The summed E-state index contributed by atoms with van der Waals surface area (Å²) in [4.78, 5) is 15.1. The minimum Gasteiger partial charge on any atom is -0.361 e. The van der Waals surface area contributed by atoms with Gasteiger partial charge in [0.2, 0.25) is 15.9 Å². The monoisotopic (exact) mass is 337 g/mol. The zero-order valence-electron chi connectivity index (χ0n) is 13.5. The van der Waals surface area contributed by atoms with Crippen molar-refractivity contribution in [2.75, 3.05) is 25.9 Å². The number of nitrogens with one attached hydrogen (secondary N) is 2. The molecule has 0 saturated heterocycles. The van der Waals surface area contributed by atoms with Crippen molar-refractivity contribution in [1.82, 2.24) is 14.6 Å². The van der Waals surface area contributed by atoms with Crippen LogP contribution >= 0.6 is 0 Å². The Bertz CT molecular complexity index is 768. The van der Waals surface area contributed by atoms with Crippen molar-refractivity contribution in [2.24, 2.45) is 0 Å². The van der Waals surface area contributed by atoms with E-state index < -0.39 is 10.0 Å². The number of nitrogens with zero attached hydrogens (tertiary/aromatic N) is 1. The first-order valence-electron chi connectivity index (χ1n) is 7.68. The molecule has 1 heterocycles. The number of hydrogen-bond donors (Lipinski definition) is 2. The van der Waals surface area contributed by atoms with E-state index in [-0.39, 0.29) is 12.5 Å². The minimum atomic E-state index is -3.35. The molecule has 0 aliphatic heterocycles. The molecule has 23 heavy (non-hydrogen) atoms. The second-order valence-corrected chi connectivity index (χ2v) is 7.54. The summed E-state index contributed by atoms with van der Waals surface area (Å²) in [5, 5.41) is 3.93. The quantitative estimate of drug-likeness (QED) is 0.766. The van der Waals surface area contributed by atoms with Crippen LogP contribution in [0.5, 0.6) is 0 Å². The van der Waals surface area contributed by atoms with Gasteiger partial charge in [-0.05, 0) is 24.5 Å². The van der Waals surface area contributed by atoms with Gasteiger partial charge < -0.3 is 10.3 Å². The van der Waals surface area contributed by atoms with Gasteiger partial charge in [-0.3, -0.25) is 4.79 Å². The average molecular weight is 337 g/mol. The number of rotatable bonds is 8. The zero-order valence-corrected chi connectivity index (χ0v) is 14.3. The van der Waals surface area contributed by atoms with E-state index >= 15 is 0 Å². The van der Waals surface area contributed by atoms with Gasteiger partial charge in [0.1, 0.15) is 0 Å². The Morgan fingerprint density at radius 2 is 2.04 bits per heavy atom. The SMILES string of the molecule is CCCN(CC(=O)NCCc1c[nH]c2ccccc12)S(C)(=O)=O. The fourth-order valence-corrected chi connectivity index (χ4v) is 3.37. The van der Waals surface area contributed by atoms with Crippen LogP contribution in [0.15, 0.2) is 30.5 Å². The molecule has 0 bridgehead atoms. The number of sulfonamides is 1. The molecule has 2 N–H and O–H groups in total. The molecule has 0 aliphatic rings. The van der Waals surface area contributed by atoms with Crippen LogP contribution in [-0.4, -0.2) is 49.5 Å². The van der Waals surface area contributed by atoms with Gasteiger partial charge in [0.05, 0.1) is 12.8 Å². The van der Waals surface area contributed by atoms with E-state index in [2.05, 4.69) is 10.3 Å². The average Bonchev–Trinajstić information content (AvgIpc) is 2.89. The number of hydrogen-bond acceptors (Lipinski definition) is 3. The Morgan fingerprint density at radius 3 is 2.74 bits per heavy atom. The van der Waals surface area contributed by atoms with Crippen molar-refractivity contribution in [1.29, 1.82) is 0 Å². The molecule has 1 aromatic carbocycles. The van der Waals surface area contributed by atoms with Crippen LogP contribution in [0.1, 0.15) is 18.9 Å². The molecule has 2 rings (SSSR count). The molecule has 0 saturated carbocycles. The highest BCUT2D eigenvalue weighted by Gasteiger charge is 2.18. The van der Waals surface area contributed by atoms with Crippen molar-refractivity contribution in [3.05, 3.63) is 36.0 Å². The number of carbonyl (C=O) groups excluding carboxylic acids is 1. The second kappa shape index (κ2) is 7.61. The van der Waals surface area contributed by atoms with Crippen LogP contribution in [0.25, 0.3) is 10.9 Å². The summed E-state index contributed by atoms with van der Waals surface area (Å²) in [6, 6.07) is 7.99. The van der Waals surface area contributed by atoms with E-state index in [0.717, 1.165) is 22.7 Å². The highest BCUT2D eigenvalue weighted by atomic mass is 32.2. The number of benzene rings is 1. The predicted molar refractivity (Wildman–Crippen MR) is 91.7 cm³/mol. The summed E-state index contributed by atoms with van der Waals surface area (Å²) >= 11 is 0. The second-order valence-electron chi connectivity index (χ2n) is 5.56. The maximum Gasteiger partial charge on any atom is 0.235 e. The largest absolute Gasteiger partial charge is 0.361 e. The van der Waals surface area contributed by atoms with Gasteiger partial charge in [-0.1, -0.05) is 25.1 Å². The lowest BCUT2D eigenvalue weighted by Crippen LogP contribution is -2.41. The Labute approximate surface area is 136 Å². The Hall–Kier alpha value is -1.86. The smallest absolute Gasteiger partial charge is 0.235 e. The summed E-state index contributed by atoms with van der Waals surface area (Å²) in [6.07, 6.45) is 4.44. The summed E-state index contributed by atoms with van der Waals surface area (Å²) in [6.45, 7) is 2.59. The molecular formula is C16H23N3O3S. The summed E-state index contributed by atoms with van der Waals surface area (Å²) < 4.78 is 24.4. The number of aromatic amines is 1. The molecule has 0 aliphatic carbocycles. The van der Waals surface area contributed by atoms with Gasteiger partial charge in [0.25, 0.3) is 0 Å². The first-order valence-corrected chi connectivity index (χ1v) is 9.53. The van der Waals surface area contributed by atoms with Crippen LogP contribution in [0.2, 0.25) is 0 Å². The third-order valence-corrected chi connectivity index (χ3v) is 4.90. The van der Waals surface area contributed by atoms with Gasteiger partial charge in [-0.15, -0.1) is 0 Å². The van der Waals surface area contributed by atoms with Crippen LogP contribution in [-0.2, 0) is 21.2 Å². The Balaban J connectivity index is 1.87. The van der Waals surface area contributed by atoms with E-state index in [1.807, 2.05) is 37.4 Å². The zero-order chi connectivity index (χ0) is 16.9. The summed E-state index contributed by atoms with van der Waals surface area (Å²) in [5.41, 5.74) is 2.20. The maximum absolute atomic E-state index is 11.9. The predicted octanol–water partition coefficient (Wildman–Crippen LogP) is 1.50. The van der Waals surface area contributed by atoms with E-state index in [1.165, 1.54) is 4.31 Å². The van der Waals surface area contributed by atoms with Gasteiger partial charge in [-0.2, -0.15) is 4.31 Å². The lowest BCUT2D eigenvalue weighted by atomic mass is 10.1. The highest BCUT2D eigenvalue weighted by Crippen LogP contribution is 2.17. The number of para-hydroxylation sites is 1. The molecule has 0 radical (unpaired) electrons. The normalized spacial score (nSPS) is 12.0. The minimum absolute atomic E-state index is 0.124. The Morgan fingerprint density at radius 1 is 1.30 bits per heavy atom. The highest BCUT2D eigenvalue weighted by molar-refractivity contribution is 7.88. The van der Waals surface area contributed by atoms with Crippen molar-refractivity contribution in [3.8, 4) is 0 Å². The Kier molecular flexibility index (Phi) is 5.79. The van der Waals surface area contributed by atoms with Crippen LogP contribution in [0.4, 0.5) is 0 Å². The van der Waals surface area contributed by atoms with E-state index in [1.54, 1.807) is 0 Å². The molecule has 6 nitrogen and oxygen atoms in total. The fraction of sp³-hybridized carbons (Fsp3) is 0.438. The van der Waals surface area contributed by atoms with Crippen molar-refractivity contribution < 1.29 is 13.2 Å². The van der Waals surface area contributed by atoms with Crippen LogP contribution in [0.3, 0.4) is 0 Å². The molecular weight excluding hydrogens is 314 g/mol. The number of carbonyl (C=O) groups is 1. The molecule has 0 fully saturated rings. The van der Waals surface area contributed by atoms with Gasteiger partial charge >= 0.3 is 0 Å². The topological polar surface area (TPSA) is 82.3 Å². The molecule has 2 aromatic rings. The number of fused-ring (bicyclic) bond motifs is 1. The first kappa shape index (κ1) is 17.5. The molecule has 1 amide bonds. The van der Waals surface area contributed by atoms with E-state index in [4.69, 9.17) is 0 Å². The van der Waals surface area contributed by atoms with Gasteiger partial charge in [0, 0.05) is 30.2 Å². The molecule has 0 atom stereocenters. The summed E-state index contributed by atoms with van der Waals surface area (Å²) in [7, 11) is -3.35. The molecule has 126 valence electrons. The standard InChI is InChI=1S/C16H23N3O3S/c1-3-10-19(23(2,21)22)12-16(20)17-9-8-13-11-18-15-7-5-4-6-14(13)15/h4-7,11,18H,3,8-10,12H2,1-2H3,(H,17,20). The van der Waals surface area contributed by atoms with E-state index in [0.29, 0.717) is 25.9 Å². The number of H-pyrrole nitrogens is 1. The molecule has 1 aromatic heterocycles. The molecule has 7 heteroatoms. The van der Waals surface area contributed by atoms with Gasteiger partial charge in [-0.25, -0.2) is 8.42 Å². The molecule has 0 spiro atoms. The third-order valence-electron chi connectivity index (χ3n) is 3.65. The molecule has 0 unspecified atom stereocenters. The third kappa shape index (κ3) is 4.80. The number of aromatic nitrogens is 1. The lowest BCUT2D eigenvalue weighted by Gasteiger charge is -2.18. The van der Waals surface area contributed by atoms with Crippen LogP contribution in [0, 0.1) is 0 Å².